The second-order valence-corrected chi connectivity index (χ2v) is 9.34. The molecule has 0 unspecified atom stereocenters. The van der Waals surface area contributed by atoms with Crippen LogP contribution in [0.2, 0.25) is 0 Å². The molecule has 0 aromatic heterocycles. The van der Waals surface area contributed by atoms with Crippen molar-refractivity contribution in [2.24, 2.45) is 34.5 Å². The topological polar surface area (TPSA) is 0 Å². The molecule has 2 aliphatic rings. The van der Waals surface area contributed by atoms with E-state index in [2.05, 4.69) is 41.5 Å². The highest BCUT2D eigenvalue weighted by molar-refractivity contribution is 4.90. The molecule has 4 atom stereocenters. The molecule has 0 saturated heterocycles. The fourth-order valence-electron chi connectivity index (χ4n) is 5.01. The molecule has 0 aromatic carbocycles. The van der Waals surface area contributed by atoms with Gasteiger partial charge in [-0.15, -0.1) is 0 Å². The van der Waals surface area contributed by atoms with Crippen molar-refractivity contribution in [1.82, 2.24) is 0 Å². The first-order valence-corrected chi connectivity index (χ1v) is 8.71. The molecule has 2 rings (SSSR count). The van der Waals surface area contributed by atoms with E-state index in [1.54, 1.807) is 0 Å². The second-order valence-electron chi connectivity index (χ2n) is 9.34. The highest BCUT2D eigenvalue weighted by atomic mass is 14.4. The summed E-state index contributed by atoms with van der Waals surface area (Å²) in [6.45, 7) is 15.0. The Morgan fingerprint density at radius 2 is 1.47 bits per heavy atom. The van der Waals surface area contributed by atoms with Crippen molar-refractivity contribution in [1.29, 1.82) is 0 Å². The lowest BCUT2D eigenvalue weighted by Gasteiger charge is -2.46. The third-order valence-corrected chi connectivity index (χ3v) is 6.76. The summed E-state index contributed by atoms with van der Waals surface area (Å²) in [5, 5.41) is 0. The molecule has 0 nitrogen and oxygen atoms in total. The minimum atomic E-state index is 0.578. The van der Waals surface area contributed by atoms with Crippen molar-refractivity contribution in [2.75, 3.05) is 0 Å². The Kier molecular flexibility index (Phi) is 4.38. The van der Waals surface area contributed by atoms with E-state index in [0.29, 0.717) is 10.8 Å². The van der Waals surface area contributed by atoms with Crippen molar-refractivity contribution in [3.8, 4) is 0 Å². The maximum Gasteiger partial charge on any atom is -0.0323 e. The van der Waals surface area contributed by atoms with E-state index in [1.807, 2.05) is 0 Å². The van der Waals surface area contributed by atoms with E-state index in [4.69, 9.17) is 0 Å². The first-order valence-electron chi connectivity index (χ1n) is 8.71. The van der Waals surface area contributed by atoms with Gasteiger partial charge in [0.1, 0.15) is 0 Å². The Hall–Kier alpha value is 0. The predicted molar refractivity (Wildman–Crippen MR) is 85.2 cm³/mol. The second kappa shape index (κ2) is 5.41. The van der Waals surface area contributed by atoms with Crippen LogP contribution in [-0.4, -0.2) is 0 Å². The van der Waals surface area contributed by atoms with Gasteiger partial charge in [0.05, 0.1) is 0 Å². The molecule has 112 valence electrons. The van der Waals surface area contributed by atoms with Gasteiger partial charge in [-0.1, -0.05) is 54.4 Å². The standard InChI is InChI=1S/C19H36/c1-14-7-10-17(19(5,6)12-14)11-16-9-8-15(2)18(3,4)13-16/h14-17H,7-13H2,1-6H3/t14-,15-,16+,17+/m0/s1. The lowest BCUT2D eigenvalue weighted by molar-refractivity contribution is 0.0430. The van der Waals surface area contributed by atoms with Crippen molar-refractivity contribution < 1.29 is 0 Å². The fraction of sp³-hybridized carbons (Fsp3) is 1.00. The Balaban J connectivity index is 1.94. The molecule has 2 saturated carbocycles. The molecule has 0 N–H and O–H groups in total. The summed E-state index contributed by atoms with van der Waals surface area (Å²) in [6.07, 6.45) is 10.3. The van der Waals surface area contributed by atoms with E-state index in [-0.39, 0.29) is 0 Å². The lowest BCUT2D eigenvalue weighted by atomic mass is 9.59. The van der Waals surface area contributed by atoms with E-state index in [1.165, 1.54) is 44.9 Å². The van der Waals surface area contributed by atoms with Crippen molar-refractivity contribution in [3.05, 3.63) is 0 Å². The summed E-state index contributed by atoms with van der Waals surface area (Å²) in [4.78, 5) is 0. The van der Waals surface area contributed by atoms with Gasteiger partial charge in [-0.25, -0.2) is 0 Å². The summed E-state index contributed by atoms with van der Waals surface area (Å²) in [5.41, 5.74) is 1.17. The first-order chi connectivity index (χ1) is 8.71. The largest absolute Gasteiger partial charge is 0.0625 e. The summed E-state index contributed by atoms with van der Waals surface area (Å²) in [5.74, 6) is 3.86. The Labute approximate surface area is 121 Å². The minimum absolute atomic E-state index is 0.578. The molecule has 19 heavy (non-hydrogen) atoms. The molecule has 0 amide bonds. The Bertz CT molecular complexity index is 299. The van der Waals surface area contributed by atoms with Gasteiger partial charge in [0.2, 0.25) is 0 Å². The van der Waals surface area contributed by atoms with E-state index >= 15 is 0 Å². The third kappa shape index (κ3) is 3.56. The normalized spacial score (nSPS) is 42.0. The van der Waals surface area contributed by atoms with Crippen LogP contribution in [0.25, 0.3) is 0 Å². The predicted octanol–water partition coefficient (Wildman–Crippen LogP) is 6.30. The fourth-order valence-corrected chi connectivity index (χ4v) is 5.01. The zero-order valence-corrected chi connectivity index (χ0v) is 14.3. The van der Waals surface area contributed by atoms with Gasteiger partial charge < -0.3 is 0 Å². The van der Waals surface area contributed by atoms with Gasteiger partial charge in [-0.2, -0.15) is 0 Å². The van der Waals surface area contributed by atoms with Gasteiger partial charge in [0.25, 0.3) is 0 Å². The van der Waals surface area contributed by atoms with Crippen molar-refractivity contribution in [2.45, 2.75) is 86.5 Å². The van der Waals surface area contributed by atoms with Crippen LogP contribution in [0.5, 0.6) is 0 Å². The minimum Gasteiger partial charge on any atom is -0.0625 e. The summed E-state index contributed by atoms with van der Waals surface area (Å²) < 4.78 is 0. The number of rotatable bonds is 2. The first kappa shape index (κ1) is 15.4. The van der Waals surface area contributed by atoms with Gasteiger partial charge in [-0.3, -0.25) is 0 Å². The van der Waals surface area contributed by atoms with Gasteiger partial charge in [0.15, 0.2) is 0 Å². The smallest absolute Gasteiger partial charge is 0.0323 e. The molecule has 2 fully saturated rings. The molecule has 0 aromatic rings. The van der Waals surface area contributed by atoms with Crippen molar-refractivity contribution in [3.63, 3.8) is 0 Å². The summed E-state index contributed by atoms with van der Waals surface area (Å²) in [7, 11) is 0. The summed E-state index contributed by atoms with van der Waals surface area (Å²) in [6, 6.07) is 0. The quantitative estimate of drug-likeness (QED) is 0.549. The molecular weight excluding hydrogens is 228 g/mol. The SMILES string of the molecule is C[C@H]1CC[C@H](C[C@H]2CC[C@H](C)C(C)(C)C2)C(C)(C)C1. The molecule has 0 aliphatic heterocycles. The maximum absolute atomic E-state index is 2.53. The molecule has 0 bridgehead atoms. The Morgan fingerprint density at radius 1 is 0.789 bits per heavy atom. The molecule has 2 aliphatic carbocycles. The van der Waals surface area contributed by atoms with Gasteiger partial charge in [-0.05, 0) is 66.6 Å². The van der Waals surface area contributed by atoms with Crippen molar-refractivity contribution >= 4 is 0 Å². The number of hydrogen-bond acceptors (Lipinski definition) is 0. The van der Waals surface area contributed by atoms with E-state index in [0.717, 1.165) is 23.7 Å². The van der Waals surface area contributed by atoms with Crippen LogP contribution in [0.3, 0.4) is 0 Å². The van der Waals surface area contributed by atoms with Crippen LogP contribution in [0, 0.1) is 34.5 Å². The Morgan fingerprint density at radius 3 is 2.05 bits per heavy atom. The molecule has 0 spiro atoms. The lowest BCUT2D eigenvalue weighted by Crippen LogP contribution is -2.36. The monoisotopic (exact) mass is 264 g/mol. The zero-order valence-electron chi connectivity index (χ0n) is 14.3. The zero-order chi connectivity index (χ0) is 14.3. The average Bonchev–Trinajstić information content (AvgIpc) is 2.26. The van der Waals surface area contributed by atoms with E-state index < -0.39 is 0 Å². The summed E-state index contributed by atoms with van der Waals surface area (Å²) >= 11 is 0. The average molecular weight is 264 g/mol. The van der Waals surface area contributed by atoms with Crippen LogP contribution in [0.1, 0.15) is 86.5 Å². The van der Waals surface area contributed by atoms with Crippen LogP contribution < -0.4 is 0 Å². The highest BCUT2D eigenvalue weighted by Crippen LogP contribution is 2.50. The van der Waals surface area contributed by atoms with Crippen LogP contribution >= 0.6 is 0 Å². The van der Waals surface area contributed by atoms with Crippen LogP contribution in [0.4, 0.5) is 0 Å². The molecule has 0 heterocycles. The van der Waals surface area contributed by atoms with E-state index in [9.17, 15) is 0 Å². The molecular formula is C19H36. The number of hydrogen-bond donors (Lipinski definition) is 0. The molecule has 0 heteroatoms. The third-order valence-electron chi connectivity index (χ3n) is 6.76. The van der Waals surface area contributed by atoms with Gasteiger partial charge in [0, 0.05) is 0 Å². The van der Waals surface area contributed by atoms with Crippen LogP contribution in [-0.2, 0) is 0 Å². The van der Waals surface area contributed by atoms with Crippen LogP contribution in [0.15, 0.2) is 0 Å². The maximum atomic E-state index is 2.53. The van der Waals surface area contributed by atoms with Gasteiger partial charge >= 0.3 is 0 Å². The molecule has 0 radical (unpaired) electrons. The highest BCUT2D eigenvalue weighted by Gasteiger charge is 2.39.